The third-order valence-electron chi connectivity index (χ3n) is 4.45. The summed E-state index contributed by atoms with van der Waals surface area (Å²) < 4.78 is 5.55. The van der Waals surface area contributed by atoms with Gasteiger partial charge >= 0.3 is 0 Å². The molecule has 0 aromatic carbocycles. The molecule has 1 fully saturated rings. The second-order valence-electron chi connectivity index (χ2n) is 7.11. The molecule has 0 aromatic rings. The van der Waals surface area contributed by atoms with Crippen molar-refractivity contribution in [3.8, 4) is 0 Å². The van der Waals surface area contributed by atoms with Gasteiger partial charge < -0.3 is 4.74 Å². The number of rotatable bonds is 14. The third-order valence-corrected chi connectivity index (χ3v) is 4.45. The van der Waals surface area contributed by atoms with E-state index in [0.29, 0.717) is 5.78 Å². The molecule has 1 heterocycles. The first-order chi connectivity index (χ1) is 10.1. The zero-order valence-corrected chi connectivity index (χ0v) is 14.5. The topological polar surface area (TPSA) is 29.6 Å². The van der Waals surface area contributed by atoms with Crippen LogP contribution in [-0.2, 0) is 9.53 Å². The van der Waals surface area contributed by atoms with Crippen molar-refractivity contribution in [2.75, 3.05) is 0 Å². The van der Waals surface area contributed by atoms with Gasteiger partial charge in [-0.05, 0) is 18.8 Å². The molecule has 1 aliphatic rings. The highest BCUT2D eigenvalue weighted by Gasteiger charge is 2.43. The molecule has 0 saturated carbocycles. The predicted molar refractivity (Wildman–Crippen MR) is 89.6 cm³/mol. The first-order valence-electron chi connectivity index (χ1n) is 9.33. The van der Waals surface area contributed by atoms with Crippen LogP contribution in [0.5, 0.6) is 0 Å². The fourth-order valence-electron chi connectivity index (χ4n) is 2.94. The lowest BCUT2D eigenvalue weighted by Crippen LogP contribution is -2.09. The Balaban J connectivity index is 1.90. The van der Waals surface area contributed by atoms with Crippen molar-refractivity contribution in [3.05, 3.63) is 0 Å². The zero-order valence-electron chi connectivity index (χ0n) is 14.5. The SMILES string of the molecule is CCCCCCCCCC(=O)[C@H]1O[C@H]1CCCCC(C)C. The van der Waals surface area contributed by atoms with E-state index in [9.17, 15) is 4.79 Å². The molecule has 2 nitrogen and oxygen atoms in total. The molecular formula is C19H36O2. The van der Waals surface area contributed by atoms with E-state index in [1.807, 2.05) is 0 Å². The maximum Gasteiger partial charge on any atom is 0.164 e. The van der Waals surface area contributed by atoms with Crippen LogP contribution >= 0.6 is 0 Å². The highest BCUT2D eigenvalue weighted by molar-refractivity contribution is 5.85. The van der Waals surface area contributed by atoms with E-state index in [2.05, 4.69) is 20.8 Å². The van der Waals surface area contributed by atoms with Gasteiger partial charge in [0.25, 0.3) is 0 Å². The number of hydrogen-bond donors (Lipinski definition) is 0. The van der Waals surface area contributed by atoms with Gasteiger partial charge in [-0.1, -0.05) is 78.6 Å². The summed E-state index contributed by atoms with van der Waals surface area (Å²) in [5.74, 6) is 1.15. The number of epoxide rings is 1. The Morgan fingerprint density at radius 3 is 2.29 bits per heavy atom. The normalized spacial score (nSPS) is 21.0. The Hall–Kier alpha value is -0.370. The minimum atomic E-state index is -0.0378. The summed E-state index contributed by atoms with van der Waals surface area (Å²) in [5.41, 5.74) is 0. The van der Waals surface area contributed by atoms with Crippen LogP contribution < -0.4 is 0 Å². The lowest BCUT2D eigenvalue weighted by molar-refractivity contribution is -0.120. The van der Waals surface area contributed by atoms with Crippen molar-refractivity contribution >= 4 is 5.78 Å². The Labute approximate surface area is 132 Å². The molecule has 21 heavy (non-hydrogen) atoms. The van der Waals surface area contributed by atoms with Crippen LogP contribution in [0.2, 0.25) is 0 Å². The fraction of sp³-hybridized carbons (Fsp3) is 0.947. The molecule has 2 atom stereocenters. The van der Waals surface area contributed by atoms with Crippen LogP contribution in [-0.4, -0.2) is 18.0 Å². The Morgan fingerprint density at radius 1 is 0.952 bits per heavy atom. The molecular weight excluding hydrogens is 260 g/mol. The van der Waals surface area contributed by atoms with E-state index in [4.69, 9.17) is 4.74 Å². The first-order valence-corrected chi connectivity index (χ1v) is 9.33. The third kappa shape index (κ3) is 9.29. The number of unbranched alkanes of at least 4 members (excludes halogenated alkanes) is 7. The fourth-order valence-corrected chi connectivity index (χ4v) is 2.94. The number of carbonyl (C=O) groups is 1. The minimum absolute atomic E-state index is 0.0378. The molecule has 1 saturated heterocycles. The molecule has 124 valence electrons. The zero-order chi connectivity index (χ0) is 15.5. The molecule has 0 N–H and O–H groups in total. The number of ketones is 1. The van der Waals surface area contributed by atoms with Gasteiger partial charge in [0.1, 0.15) is 6.10 Å². The molecule has 1 aliphatic heterocycles. The van der Waals surface area contributed by atoms with Crippen molar-refractivity contribution < 1.29 is 9.53 Å². The molecule has 0 aromatic heterocycles. The summed E-state index contributed by atoms with van der Waals surface area (Å²) in [6.07, 6.45) is 14.7. The van der Waals surface area contributed by atoms with Gasteiger partial charge in [-0.25, -0.2) is 0 Å². The van der Waals surface area contributed by atoms with Crippen molar-refractivity contribution in [2.24, 2.45) is 5.92 Å². The van der Waals surface area contributed by atoms with Gasteiger partial charge in [0.05, 0.1) is 6.10 Å². The highest BCUT2D eigenvalue weighted by atomic mass is 16.6. The second-order valence-corrected chi connectivity index (χ2v) is 7.11. The Bertz CT molecular complexity index is 273. The van der Waals surface area contributed by atoms with E-state index >= 15 is 0 Å². The van der Waals surface area contributed by atoms with Gasteiger partial charge in [0, 0.05) is 6.42 Å². The highest BCUT2D eigenvalue weighted by Crippen LogP contribution is 2.30. The van der Waals surface area contributed by atoms with Crippen molar-refractivity contribution in [1.82, 2.24) is 0 Å². The van der Waals surface area contributed by atoms with Crippen LogP contribution in [0.4, 0.5) is 0 Å². The molecule has 0 spiro atoms. The summed E-state index contributed by atoms with van der Waals surface area (Å²) in [7, 11) is 0. The maximum atomic E-state index is 12.0. The Kier molecular flexibility index (Phi) is 9.99. The smallest absolute Gasteiger partial charge is 0.164 e. The lowest BCUT2D eigenvalue weighted by Gasteiger charge is -2.02. The molecule has 0 bridgehead atoms. The van der Waals surface area contributed by atoms with E-state index in [1.54, 1.807) is 0 Å². The van der Waals surface area contributed by atoms with Crippen LogP contribution in [0, 0.1) is 5.92 Å². The lowest BCUT2D eigenvalue weighted by atomic mass is 10.0. The molecule has 0 amide bonds. The number of carbonyl (C=O) groups excluding carboxylic acids is 1. The first kappa shape index (κ1) is 18.7. The average Bonchev–Trinajstić information content (AvgIpc) is 3.22. The van der Waals surface area contributed by atoms with Gasteiger partial charge in [0.15, 0.2) is 5.78 Å². The summed E-state index contributed by atoms with van der Waals surface area (Å²) in [6, 6.07) is 0. The predicted octanol–water partition coefficient (Wildman–Crippen LogP) is 5.68. The van der Waals surface area contributed by atoms with Gasteiger partial charge in [-0.15, -0.1) is 0 Å². The second kappa shape index (κ2) is 11.2. The summed E-state index contributed by atoms with van der Waals surface area (Å²) in [4.78, 5) is 12.0. The van der Waals surface area contributed by atoms with Gasteiger partial charge in [0.2, 0.25) is 0 Å². The van der Waals surface area contributed by atoms with Crippen LogP contribution in [0.1, 0.15) is 97.8 Å². The minimum Gasteiger partial charge on any atom is -0.361 e. The van der Waals surface area contributed by atoms with E-state index in [-0.39, 0.29) is 12.2 Å². The van der Waals surface area contributed by atoms with Crippen LogP contribution in [0.3, 0.4) is 0 Å². The van der Waals surface area contributed by atoms with Crippen LogP contribution in [0.15, 0.2) is 0 Å². The number of hydrogen-bond acceptors (Lipinski definition) is 2. The van der Waals surface area contributed by atoms with E-state index in [0.717, 1.165) is 25.2 Å². The summed E-state index contributed by atoms with van der Waals surface area (Å²) >= 11 is 0. The standard InChI is InChI=1S/C19H36O2/c1-4-5-6-7-8-9-10-14-17(20)19-18(21-19)15-12-11-13-16(2)3/h16,18-19H,4-15H2,1-3H3/t18-,19+/m0/s1. The molecule has 0 radical (unpaired) electrons. The van der Waals surface area contributed by atoms with Crippen molar-refractivity contribution in [2.45, 2.75) is 110 Å². The van der Waals surface area contributed by atoms with Gasteiger partial charge in [-0.3, -0.25) is 4.79 Å². The molecule has 0 unspecified atom stereocenters. The number of Topliss-reactive ketones (excluding diaryl/α,β-unsaturated/α-hetero) is 1. The summed E-state index contributed by atoms with van der Waals surface area (Å²) in [6.45, 7) is 6.78. The average molecular weight is 296 g/mol. The summed E-state index contributed by atoms with van der Waals surface area (Å²) in [5, 5.41) is 0. The quantitative estimate of drug-likeness (QED) is 0.305. The molecule has 2 heteroatoms. The van der Waals surface area contributed by atoms with Crippen LogP contribution in [0.25, 0.3) is 0 Å². The number of ether oxygens (including phenoxy) is 1. The van der Waals surface area contributed by atoms with E-state index < -0.39 is 0 Å². The monoisotopic (exact) mass is 296 g/mol. The molecule has 1 rings (SSSR count). The maximum absolute atomic E-state index is 12.0. The Morgan fingerprint density at radius 2 is 1.62 bits per heavy atom. The van der Waals surface area contributed by atoms with E-state index in [1.165, 1.54) is 57.8 Å². The van der Waals surface area contributed by atoms with Crippen molar-refractivity contribution in [1.29, 1.82) is 0 Å². The molecule has 0 aliphatic carbocycles. The largest absolute Gasteiger partial charge is 0.361 e. The van der Waals surface area contributed by atoms with Crippen molar-refractivity contribution in [3.63, 3.8) is 0 Å². The van der Waals surface area contributed by atoms with Gasteiger partial charge in [-0.2, -0.15) is 0 Å².